The van der Waals surface area contributed by atoms with Crippen LogP contribution in [-0.2, 0) is 10.7 Å². The molecule has 0 aromatic carbocycles. The van der Waals surface area contributed by atoms with Crippen molar-refractivity contribution < 1.29 is 8.42 Å². The van der Waals surface area contributed by atoms with Crippen LogP contribution in [0.15, 0.2) is 0 Å². The van der Waals surface area contributed by atoms with Gasteiger partial charge in [-0.15, -0.1) is 0 Å². The van der Waals surface area contributed by atoms with Crippen molar-refractivity contribution in [1.82, 2.24) is 0 Å². The van der Waals surface area contributed by atoms with E-state index in [0.717, 1.165) is 24.5 Å². The Labute approximate surface area is 44.5 Å². The molecule has 0 heterocycles. The van der Waals surface area contributed by atoms with Crippen LogP contribution in [-0.4, -0.2) is 8.42 Å². The molecule has 0 amide bonds. The van der Waals surface area contributed by atoms with E-state index < -0.39 is 10.7 Å². The SMILES string of the molecule is O=[SH](=O)[C]1CCC1. The molecule has 0 saturated heterocycles. The molecule has 3 heteroatoms. The van der Waals surface area contributed by atoms with Crippen molar-refractivity contribution in [2.45, 2.75) is 19.3 Å². The lowest BCUT2D eigenvalue weighted by Gasteiger charge is -2.16. The molecule has 2 nitrogen and oxygen atoms in total. The maximum Gasteiger partial charge on any atom is 0.147 e. The van der Waals surface area contributed by atoms with Gasteiger partial charge in [0.15, 0.2) is 0 Å². The molecule has 0 unspecified atom stereocenters. The van der Waals surface area contributed by atoms with Gasteiger partial charge in [-0.05, 0) is 12.8 Å². The van der Waals surface area contributed by atoms with Crippen LogP contribution in [0.1, 0.15) is 19.3 Å². The first-order valence-corrected chi connectivity index (χ1v) is 3.47. The zero-order chi connectivity index (χ0) is 5.28. The molecular weight excluding hydrogens is 112 g/mol. The van der Waals surface area contributed by atoms with Crippen molar-refractivity contribution in [2.75, 3.05) is 0 Å². The molecule has 7 heavy (non-hydrogen) atoms. The van der Waals surface area contributed by atoms with E-state index in [1.165, 1.54) is 0 Å². The van der Waals surface area contributed by atoms with Gasteiger partial charge in [-0.25, -0.2) is 8.42 Å². The van der Waals surface area contributed by atoms with Gasteiger partial charge in [0.25, 0.3) is 0 Å². The van der Waals surface area contributed by atoms with E-state index in [1.807, 2.05) is 0 Å². The van der Waals surface area contributed by atoms with E-state index in [1.54, 1.807) is 0 Å². The third kappa shape index (κ3) is 0.938. The van der Waals surface area contributed by atoms with E-state index in [9.17, 15) is 8.42 Å². The number of hydrogen-bond acceptors (Lipinski definition) is 2. The van der Waals surface area contributed by atoms with Crippen LogP contribution in [0.4, 0.5) is 0 Å². The van der Waals surface area contributed by atoms with Gasteiger partial charge in [0.1, 0.15) is 10.7 Å². The average Bonchev–Trinajstić information content (AvgIpc) is 1.23. The summed E-state index contributed by atoms with van der Waals surface area (Å²) in [5, 5.41) is 0.731. The predicted octanol–water partition coefficient (Wildman–Crippen LogP) is 0.314. The molecule has 0 N–H and O–H groups in total. The summed E-state index contributed by atoms with van der Waals surface area (Å²) in [4.78, 5) is 0. The quantitative estimate of drug-likeness (QED) is 0.504. The van der Waals surface area contributed by atoms with Gasteiger partial charge in [-0.2, -0.15) is 0 Å². The summed E-state index contributed by atoms with van der Waals surface area (Å²) in [7, 11) is -2.16. The Morgan fingerprint density at radius 1 is 1.29 bits per heavy atom. The van der Waals surface area contributed by atoms with Crippen molar-refractivity contribution in [3.63, 3.8) is 0 Å². The second-order valence-electron chi connectivity index (χ2n) is 1.68. The Bertz CT molecular complexity index is 116. The van der Waals surface area contributed by atoms with Gasteiger partial charge in [0, 0.05) is 0 Å². The fraction of sp³-hybridized carbons (Fsp3) is 0.750. The third-order valence-corrected chi connectivity index (χ3v) is 2.15. The second kappa shape index (κ2) is 1.82. The minimum atomic E-state index is -2.16. The number of rotatable bonds is 1. The summed E-state index contributed by atoms with van der Waals surface area (Å²) in [6, 6.07) is 0. The largest absolute Gasteiger partial charge is 0.231 e. The van der Waals surface area contributed by atoms with Crippen LogP contribution in [0.25, 0.3) is 0 Å². The molecular formula is C4H7O2S. The van der Waals surface area contributed by atoms with Gasteiger partial charge in [0.05, 0.1) is 5.25 Å². The smallest absolute Gasteiger partial charge is 0.147 e. The lowest BCUT2D eigenvalue weighted by molar-refractivity contribution is 0.565. The van der Waals surface area contributed by atoms with Crippen LogP contribution in [0, 0.1) is 5.25 Å². The summed E-state index contributed by atoms with van der Waals surface area (Å²) < 4.78 is 20.0. The first-order chi connectivity index (χ1) is 3.30. The first kappa shape index (κ1) is 5.09. The minimum absolute atomic E-state index is 0.731. The number of thiol groups is 1. The van der Waals surface area contributed by atoms with E-state index in [4.69, 9.17) is 0 Å². The lowest BCUT2D eigenvalue weighted by Crippen LogP contribution is -2.08. The fourth-order valence-corrected chi connectivity index (χ4v) is 1.20. The topological polar surface area (TPSA) is 34.1 Å². The van der Waals surface area contributed by atoms with Crippen LogP contribution < -0.4 is 0 Å². The Morgan fingerprint density at radius 3 is 1.86 bits per heavy atom. The maximum atomic E-state index is 9.98. The zero-order valence-electron chi connectivity index (χ0n) is 3.89. The number of hydrogen-bond donors (Lipinski definition) is 1. The van der Waals surface area contributed by atoms with Crippen molar-refractivity contribution in [2.24, 2.45) is 0 Å². The first-order valence-electron chi connectivity index (χ1n) is 2.30. The predicted molar refractivity (Wildman–Crippen MR) is 27.4 cm³/mol. The van der Waals surface area contributed by atoms with Gasteiger partial charge in [-0.1, -0.05) is 6.42 Å². The molecule has 0 bridgehead atoms. The lowest BCUT2D eigenvalue weighted by atomic mass is 10.0. The molecule has 1 rings (SSSR count). The highest BCUT2D eigenvalue weighted by Gasteiger charge is 2.20. The van der Waals surface area contributed by atoms with Crippen molar-refractivity contribution in [3.8, 4) is 0 Å². The van der Waals surface area contributed by atoms with Gasteiger partial charge in [0.2, 0.25) is 0 Å². The van der Waals surface area contributed by atoms with Gasteiger partial charge < -0.3 is 0 Å². The van der Waals surface area contributed by atoms with Gasteiger partial charge >= 0.3 is 0 Å². The molecule has 0 aliphatic heterocycles. The maximum absolute atomic E-state index is 9.98. The van der Waals surface area contributed by atoms with Crippen LogP contribution in [0.3, 0.4) is 0 Å². The van der Waals surface area contributed by atoms with Crippen molar-refractivity contribution >= 4 is 10.7 Å². The highest BCUT2D eigenvalue weighted by Crippen LogP contribution is 2.28. The Hall–Kier alpha value is -0.0500. The molecule has 0 spiro atoms. The highest BCUT2D eigenvalue weighted by atomic mass is 32.2. The normalized spacial score (nSPS) is 22.4. The molecule has 0 atom stereocenters. The molecule has 0 aromatic heterocycles. The van der Waals surface area contributed by atoms with E-state index >= 15 is 0 Å². The monoisotopic (exact) mass is 119 g/mol. The van der Waals surface area contributed by atoms with Gasteiger partial charge in [-0.3, -0.25) is 0 Å². The highest BCUT2D eigenvalue weighted by molar-refractivity contribution is 7.75. The second-order valence-corrected chi connectivity index (χ2v) is 2.82. The molecule has 1 fully saturated rings. The standard InChI is InChI=1S/C4H7O2S/c5-7(6)4-2-1-3-4/h7H,1-3H2. The molecule has 1 aliphatic rings. The summed E-state index contributed by atoms with van der Waals surface area (Å²) in [5.41, 5.74) is 0. The summed E-state index contributed by atoms with van der Waals surface area (Å²) >= 11 is 0. The third-order valence-electron chi connectivity index (χ3n) is 1.19. The molecule has 0 aromatic rings. The van der Waals surface area contributed by atoms with E-state index in [0.29, 0.717) is 0 Å². The fourth-order valence-electron chi connectivity index (χ4n) is 0.517. The molecule has 41 valence electrons. The van der Waals surface area contributed by atoms with E-state index in [2.05, 4.69) is 0 Å². The molecule has 1 aliphatic carbocycles. The van der Waals surface area contributed by atoms with Crippen LogP contribution in [0.2, 0.25) is 0 Å². The Kier molecular flexibility index (Phi) is 1.32. The summed E-state index contributed by atoms with van der Waals surface area (Å²) in [6.07, 6.45) is 2.70. The zero-order valence-corrected chi connectivity index (χ0v) is 4.78. The van der Waals surface area contributed by atoms with Crippen molar-refractivity contribution in [3.05, 3.63) is 5.25 Å². The average molecular weight is 119 g/mol. The Balaban J connectivity index is 2.41. The van der Waals surface area contributed by atoms with Crippen LogP contribution >= 0.6 is 0 Å². The molecule has 1 saturated carbocycles. The summed E-state index contributed by atoms with van der Waals surface area (Å²) in [5.74, 6) is 0. The van der Waals surface area contributed by atoms with Crippen LogP contribution in [0.5, 0.6) is 0 Å². The Morgan fingerprint density at radius 2 is 1.86 bits per heavy atom. The minimum Gasteiger partial charge on any atom is -0.231 e. The van der Waals surface area contributed by atoms with E-state index in [-0.39, 0.29) is 0 Å². The molecule has 1 radical (unpaired) electrons. The summed E-state index contributed by atoms with van der Waals surface area (Å²) in [6.45, 7) is 0. The van der Waals surface area contributed by atoms with Crippen molar-refractivity contribution in [1.29, 1.82) is 0 Å².